The first-order valence-corrected chi connectivity index (χ1v) is 12.2. The molecule has 2 N–H and O–H groups in total. The maximum atomic E-state index is 13.5. The van der Waals surface area contributed by atoms with Crippen LogP contribution in [0, 0.1) is 0 Å². The van der Waals surface area contributed by atoms with Crippen LogP contribution in [0.2, 0.25) is 0 Å². The van der Waals surface area contributed by atoms with Crippen molar-refractivity contribution in [2.45, 2.75) is 31.7 Å². The Morgan fingerprint density at radius 1 is 1.05 bits per heavy atom. The topological polar surface area (TPSA) is 96.3 Å². The summed E-state index contributed by atoms with van der Waals surface area (Å²) < 4.78 is 1.52. The number of imide groups is 1. The molecule has 5 rings (SSSR count). The second kappa shape index (κ2) is 10.1. The number of allylic oxidation sites excluding steroid dienone is 6. The molecule has 37 heavy (non-hydrogen) atoms. The third kappa shape index (κ3) is 4.99. The van der Waals surface area contributed by atoms with Crippen LogP contribution in [0.5, 0.6) is 0 Å². The molecule has 0 radical (unpaired) electrons. The molecule has 8 heteroatoms. The lowest BCUT2D eigenvalue weighted by Gasteiger charge is -2.21. The third-order valence-corrected chi connectivity index (χ3v) is 6.45. The zero-order valence-electron chi connectivity index (χ0n) is 20.4. The summed E-state index contributed by atoms with van der Waals surface area (Å²) in [6.45, 7) is 1.67. The molecule has 1 unspecified atom stereocenters. The van der Waals surface area contributed by atoms with Crippen LogP contribution in [0.15, 0.2) is 97.1 Å². The van der Waals surface area contributed by atoms with Crippen LogP contribution in [0.1, 0.15) is 35.8 Å². The van der Waals surface area contributed by atoms with E-state index in [9.17, 15) is 14.4 Å². The minimum atomic E-state index is -1.13. The molecule has 1 saturated heterocycles. The molecule has 1 aliphatic heterocycles. The van der Waals surface area contributed by atoms with Crippen LogP contribution < -0.4 is 10.7 Å². The number of nitrogens with one attached hydrogen (secondary N) is 2. The molecule has 2 aromatic carbocycles. The Morgan fingerprint density at radius 2 is 1.78 bits per heavy atom. The van der Waals surface area contributed by atoms with Gasteiger partial charge in [-0.15, -0.1) is 0 Å². The summed E-state index contributed by atoms with van der Waals surface area (Å²) >= 11 is 0. The maximum Gasteiger partial charge on any atom is 0.344 e. The van der Waals surface area contributed by atoms with Gasteiger partial charge in [-0.3, -0.25) is 15.0 Å². The van der Waals surface area contributed by atoms with Crippen LogP contribution in [0.3, 0.4) is 0 Å². The molecular weight excluding hydrogens is 466 g/mol. The average molecular weight is 494 g/mol. The lowest BCUT2D eigenvalue weighted by atomic mass is 9.93. The smallest absolute Gasteiger partial charge is 0.322 e. The van der Waals surface area contributed by atoms with Crippen molar-refractivity contribution in [3.05, 3.63) is 108 Å². The van der Waals surface area contributed by atoms with Gasteiger partial charge < -0.3 is 5.32 Å². The van der Waals surface area contributed by atoms with E-state index < -0.39 is 23.4 Å². The van der Waals surface area contributed by atoms with Gasteiger partial charge in [0.1, 0.15) is 11.2 Å². The molecular formula is C29H27N5O3. The van der Waals surface area contributed by atoms with Crippen molar-refractivity contribution in [1.82, 2.24) is 25.5 Å². The summed E-state index contributed by atoms with van der Waals surface area (Å²) in [5.41, 5.74) is 4.76. The van der Waals surface area contributed by atoms with Crippen molar-refractivity contribution in [1.29, 1.82) is 0 Å². The van der Waals surface area contributed by atoms with E-state index in [1.54, 1.807) is 13.0 Å². The Hall–Kier alpha value is -4.72. The van der Waals surface area contributed by atoms with Gasteiger partial charge >= 0.3 is 6.03 Å². The SMILES string of the molecule is CC1(CCc2ccccc2)NC(=O)N(NC(=O)c2cc(-c3ccccc3)nn2C2=CC=CCC=C2)C1=O. The minimum Gasteiger partial charge on any atom is -0.322 e. The van der Waals surface area contributed by atoms with Gasteiger partial charge in [0.25, 0.3) is 11.8 Å². The van der Waals surface area contributed by atoms with Gasteiger partial charge in [-0.1, -0.05) is 78.9 Å². The van der Waals surface area contributed by atoms with Crippen molar-refractivity contribution < 1.29 is 14.4 Å². The molecule has 4 amide bonds. The molecule has 0 bridgehead atoms. The van der Waals surface area contributed by atoms with Crippen molar-refractivity contribution >= 4 is 23.5 Å². The van der Waals surface area contributed by atoms with Crippen LogP contribution in [-0.2, 0) is 11.2 Å². The Bertz CT molecular complexity index is 1420. The highest BCUT2D eigenvalue weighted by Gasteiger charge is 2.48. The van der Waals surface area contributed by atoms with E-state index in [4.69, 9.17) is 0 Å². The number of aryl methyl sites for hydroxylation is 1. The van der Waals surface area contributed by atoms with Gasteiger partial charge in [0.15, 0.2) is 0 Å². The number of hydrogen-bond donors (Lipinski definition) is 2. The fraction of sp³-hybridized carbons (Fsp3) is 0.172. The summed E-state index contributed by atoms with van der Waals surface area (Å²) in [5, 5.41) is 8.18. The minimum absolute atomic E-state index is 0.198. The van der Waals surface area contributed by atoms with Crippen LogP contribution in [0.25, 0.3) is 17.0 Å². The van der Waals surface area contributed by atoms with E-state index >= 15 is 0 Å². The summed E-state index contributed by atoms with van der Waals surface area (Å²) in [6, 6.07) is 20.2. The van der Waals surface area contributed by atoms with E-state index in [1.165, 1.54) is 4.68 Å². The number of rotatable bonds is 7. The average Bonchev–Trinajstić information content (AvgIpc) is 3.31. The summed E-state index contributed by atoms with van der Waals surface area (Å²) in [6.07, 6.45) is 11.4. The van der Waals surface area contributed by atoms with Gasteiger partial charge in [-0.2, -0.15) is 10.1 Å². The number of carbonyl (C=O) groups is 3. The number of urea groups is 1. The quantitative estimate of drug-likeness (QED) is 0.474. The molecule has 3 aromatic rings. The molecule has 8 nitrogen and oxygen atoms in total. The van der Waals surface area contributed by atoms with Crippen LogP contribution >= 0.6 is 0 Å². The Labute approximate surface area is 214 Å². The molecule has 2 heterocycles. The first kappa shape index (κ1) is 24.0. The lowest BCUT2D eigenvalue weighted by Crippen LogP contribution is -2.49. The molecule has 0 spiro atoms. The van der Waals surface area contributed by atoms with Crippen molar-refractivity contribution in [3.8, 4) is 11.3 Å². The fourth-order valence-electron chi connectivity index (χ4n) is 4.35. The van der Waals surface area contributed by atoms with Gasteiger partial charge in [0.2, 0.25) is 0 Å². The fourth-order valence-corrected chi connectivity index (χ4v) is 4.35. The first-order chi connectivity index (χ1) is 17.9. The van der Waals surface area contributed by atoms with Crippen molar-refractivity contribution in [2.75, 3.05) is 0 Å². The Balaban J connectivity index is 1.40. The van der Waals surface area contributed by atoms with Crippen LogP contribution in [0.4, 0.5) is 4.79 Å². The zero-order chi connectivity index (χ0) is 25.8. The predicted molar refractivity (Wildman–Crippen MR) is 141 cm³/mol. The summed E-state index contributed by atoms with van der Waals surface area (Å²) in [5.74, 6) is -1.12. The highest BCUT2D eigenvalue weighted by Crippen LogP contribution is 2.25. The number of hydrogen-bond acceptors (Lipinski definition) is 4. The molecule has 2 aliphatic rings. The van der Waals surface area contributed by atoms with E-state index in [-0.39, 0.29) is 5.69 Å². The second-order valence-corrected chi connectivity index (χ2v) is 9.18. The summed E-state index contributed by atoms with van der Waals surface area (Å²) in [4.78, 5) is 39.5. The number of hydrazine groups is 1. The number of carbonyl (C=O) groups excluding carboxylic acids is 3. The molecule has 1 fully saturated rings. The standard InChI is InChI=1S/C29H27N5O3/c1-29(19-18-21-12-6-4-7-13-21)27(36)34(28(37)30-29)32-26(35)25-20-24(22-14-8-5-9-15-22)31-33(25)23-16-10-2-3-11-17-23/h2,4-17,20H,3,18-19H2,1H3,(H,30,37)(H,32,35). The first-order valence-electron chi connectivity index (χ1n) is 12.2. The molecule has 0 saturated carbocycles. The Kier molecular flexibility index (Phi) is 6.55. The number of benzene rings is 2. The highest BCUT2D eigenvalue weighted by atomic mass is 16.2. The number of amides is 4. The van der Waals surface area contributed by atoms with Gasteiger partial charge in [0.05, 0.1) is 11.4 Å². The molecule has 1 atom stereocenters. The molecule has 1 aromatic heterocycles. The van der Waals surface area contributed by atoms with Crippen molar-refractivity contribution in [3.63, 3.8) is 0 Å². The van der Waals surface area contributed by atoms with E-state index in [0.29, 0.717) is 24.2 Å². The van der Waals surface area contributed by atoms with Gasteiger partial charge in [-0.25, -0.2) is 9.48 Å². The number of nitrogens with zero attached hydrogens (tertiary/aromatic N) is 3. The van der Waals surface area contributed by atoms with E-state index in [2.05, 4.69) is 15.8 Å². The molecule has 1 aliphatic carbocycles. The highest BCUT2D eigenvalue weighted by molar-refractivity contribution is 6.09. The Morgan fingerprint density at radius 3 is 2.54 bits per heavy atom. The van der Waals surface area contributed by atoms with Gasteiger partial charge in [0, 0.05) is 5.56 Å². The predicted octanol–water partition coefficient (Wildman–Crippen LogP) is 4.50. The monoisotopic (exact) mass is 493 g/mol. The summed E-state index contributed by atoms with van der Waals surface area (Å²) in [7, 11) is 0. The molecule has 186 valence electrons. The normalized spacial score (nSPS) is 18.9. The van der Waals surface area contributed by atoms with Gasteiger partial charge in [-0.05, 0) is 50.0 Å². The van der Waals surface area contributed by atoms with E-state index in [0.717, 1.165) is 22.6 Å². The second-order valence-electron chi connectivity index (χ2n) is 9.18. The lowest BCUT2D eigenvalue weighted by molar-refractivity contribution is -0.132. The number of aromatic nitrogens is 2. The van der Waals surface area contributed by atoms with Crippen molar-refractivity contribution in [2.24, 2.45) is 0 Å². The maximum absolute atomic E-state index is 13.5. The van der Waals surface area contributed by atoms with Crippen LogP contribution in [-0.4, -0.2) is 38.2 Å². The van der Waals surface area contributed by atoms with E-state index in [1.807, 2.05) is 91.0 Å². The largest absolute Gasteiger partial charge is 0.344 e. The third-order valence-electron chi connectivity index (χ3n) is 6.45. The zero-order valence-corrected chi connectivity index (χ0v) is 20.4.